The highest BCUT2D eigenvalue weighted by Gasteiger charge is 2.37. The summed E-state index contributed by atoms with van der Waals surface area (Å²) in [6, 6.07) is 20.6. The Labute approximate surface area is 166 Å². The molecule has 0 fully saturated rings. The Hall–Kier alpha value is -2.30. The molecule has 2 heterocycles. The zero-order valence-corrected chi connectivity index (χ0v) is 15.8. The van der Waals surface area contributed by atoms with Crippen LogP contribution in [0.15, 0.2) is 76.6 Å². The maximum Gasteiger partial charge on any atom is 0.128 e. The lowest BCUT2D eigenvalue weighted by Gasteiger charge is -2.31. The Morgan fingerprint density at radius 2 is 1.85 bits per heavy atom. The first-order chi connectivity index (χ1) is 13.2. The number of hydrogen-bond donors (Lipinski definition) is 0. The van der Waals surface area contributed by atoms with Crippen molar-refractivity contribution in [2.75, 3.05) is 6.61 Å². The van der Waals surface area contributed by atoms with Gasteiger partial charge in [-0.2, -0.15) is 0 Å². The molecule has 0 unspecified atom stereocenters. The van der Waals surface area contributed by atoms with Crippen LogP contribution < -0.4 is 4.74 Å². The molecule has 3 aromatic carbocycles. The molecule has 3 aromatic rings. The predicted octanol–water partition coefficient (Wildman–Crippen LogP) is 6.46. The van der Waals surface area contributed by atoms with Crippen molar-refractivity contribution in [3.63, 3.8) is 0 Å². The molecule has 0 saturated carbocycles. The maximum atomic E-state index is 14.0. The summed E-state index contributed by atoms with van der Waals surface area (Å²) in [6.07, 6.45) is 0. The number of ether oxygens (including phenoxy) is 1. The van der Waals surface area contributed by atoms with E-state index in [1.54, 1.807) is 17.8 Å². The summed E-state index contributed by atoms with van der Waals surface area (Å²) in [5.41, 5.74) is 3.69. The Morgan fingerprint density at radius 1 is 1.04 bits per heavy atom. The second-order valence-corrected chi connectivity index (χ2v) is 8.23. The molecule has 5 rings (SSSR count). The van der Waals surface area contributed by atoms with Gasteiger partial charge in [-0.25, -0.2) is 4.39 Å². The van der Waals surface area contributed by atoms with Crippen LogP contribution in [0.1, 0.15) is 16.4 Å². The first kappa shape index (κ1) is 16.8. The van der Waals surface area contributed by atoms with Crippen molar-refractivity contribution in [3.05, 3.63) is 88.7 Å². The van der Waals surface area contributed by atoms with E-state index < -0.39 is 0 Å². The van der Waals surface area contributed by atoms with Gasteiger partial charge in [0.25, 0.3) is 0 Å². The van der Waals surface area contributed by atoms with E-state index in [1.807, 2.05) is 42.5 Å². The van der Waals surface area contributed by atoms with Crippen molar-refractivity contribution in [2.45, 2.75) is 10.1 Å². The number of nitrogens with zero attached hydrogens (tertiary/aromatic N) is 1. The fraction of sp³-hybridized carbons (Fsp3) is 0.136. The molecule has 2 aliphatic heterocycles. The molecule has 0 saturated heterocycles. The van der Waals surface area contributed by atoms with Crippen LogP contribution in [0.4, 0.5) is 10.1 Å². The van der Waals surface area contributed by atoms with Gasteiger partial charge in [0.1, 0.15) is 11.6 Å². The van der Waals surface area contributed by atoms with Gasteiger partial charge >= 0.3 is 0 Å². The summed E-state index contributed by atoms with van der Waals surface area (Å²) in [7, 11) is 0. The molecule has 5 heteroatoms. The van der Waals surface area contributed by atoms with Crippen LogP contribution in [0.2, 0.25) is 5.02 Å². The zero-order valence-electron chi connectivity index (χ0n) is 14.2. The van der Waals surface area contributed by atoms with Gasteiger partial charge in [0.15, 0.2) is 0 Å². The molecule has 27 heavy (non-hydrogen) atoms. The average molecular weight is 396 g/mol. The second kappa shape index (κ2) is 6.70. The van der Waals surface area contributed by atoms with Crippen LogP contribution >= 0.6 is 23.4 Å². The summed E-state index contributed by atoms with van der Waals surface area (Å²) in [6.45, 7) is 0.506. The van der Waals surface area contributed by atoms with Gasteiger partial charge in [0.2, 0.25) is 0 Å². The minimum absolute atomic E-state index is 0.0119. The molecule has 134 valence electrons. The van der Waals surface area contributed by atoms with Gasteiger partial charge in [-0.3, -0.25) is 4.99 Å². The van der Waals surface area contributed by atoms with Crippen LogP contribution in [0.5, 0.6) is 5.75 Å². The first-order valence-electron chi connectivity index (χ1n) is 8.71. The van der Waals surface area contributed by atoms with E-state index in [2.05, 4.69) is 6.07 Å². The number of para-hydroxylation sites is 1. The number of thioether (sulfide) groups is 1. The van der Waals surface area contributed by atoms with E-state index in [9.17, 15) is 4.39 Å². The standard InChI is InChI=1S/C22H15ClFNOS/c23-14-7-5-13(6-8-14)22-17-12-26-19-10-9-15(24)11-16(19)21(17)25-18-3-1-2-4-20(18)27-22/h1-11,17,22H,12H2/t17-,22+/m0/s1. The molecule has 0 aliphatic carbocycles. The molecule has 0 radical (unpaired) electrons. The summed E-state index contributed by atoms with van der Waals surface area (Å²) >= 11 is 7.86. The lowest BCUT2D eigenvalue weighted by molar-refractivity contribution is 0.271. The molecule has 2 nitrogen and oxygen atoms in total. The number of rotatable bonds is 1. The van der Waals surface area contributed by atoms with Crippen LogP contribution in [0.3, 0.4) is 0 Å². The molecule has 0 bridgehead atoms. The molecular formula is C22H15ClFNOS. The number of fused-ring (bicyclic) bond motifs is 4. The SMILES string of the molecule is Fc1ccc2c(c1)C1=Nc3ccccc3S[C@H](c3ccc(Cl)cc3)[C@H]1CO2. The third-order valence-electron chi connectivity index (χ3n) is 4.91. The number of hydrogen-bond acceptors (Lipinski definition) is 3. The molecule has 0 aromatic heterocycles. The van der Waals surface area contributed by atoms with Gasteiger partial charge in [-0.1, -0.05) is 35.9 Å². The van der Waals surface area contributed by atoms with Gasteiger partial charge in [-0.05, 0) is 48.0 Å². The van der Waals surface area contributed by atoms with Crippen LogP contribution in [-0.2, 0) is 0 Å². The Bertz CT molecular complexity index is 1050. The summed E-state index contributed by atoms with van der Waals surface area (Å²) in [5.74, 6) is 0.414. The van der Waals surface area contributed by atoms with Gasteiger partial charge in [0, 0.05) is 20.7 Å². The second-order valence-electron chi connectivity index (χ2n) is 6.61. The van der Waals surface area contributed by atoms with Crippen molar-refractivity contribution in [1.29, 1.82) is 0 Å². The Morgan fingerprint density at radius 3 is 2.70 bits per heavy atom. The lowest BCUT2D eigenvalue weighted by atomic mass is 9.88. The number of aliphatic imine (C=N–C) groups is 1. The normalized spacial score (nSPS) is 20.4. The first-order valence-corrected chi connectivity index (χ1v) is 9.97. The molecule has 0 N–H and O–H groups in total. The van der Waals surface area contributed by atoms with Crippen molar-refractivity contribution >= 4 is 34.8 Å². The van der Waals surface area contributed by atoms with Crippen molar-refractivity contribution in [3.8, 4) is 5.75 Å². The highest BCUT2D eigenvalue weighted by Crippen LogP contribution is 2.50. The molecule has 2 atom stereocenters. The number of halogens is 2. The van der Waals surface area contributed by atoms with Gasteiger partial charge in [-0.15, -0.1) is 11.8 Å². The van der Waals surface area contributed by atoms with Crippen molar-refractivity contribution in [1.82, 2.24) is 0 Å². The van der Waals surface area contributed by atoms with Crippen LogP contribution in [-0.4, -0.2) is 12.3 Å². The summed E-state index contributed by atoms with van der Waals surface area (Å²) in [4.78, 5) is 6.07. The highest BCUT2D eigenvalue weighted by molar-refractivity contribution is 7.99. The zero-order chi connectivity index (χ0) is 18.4. The van der Waals surface area contributed by atoms with Gasteiger partial charge in [0.05, 0.1) is 23.9 Å². The topological polar surface area (TPSA) is 21.6 Å². The maximum absolute atomic E-state index is 14.0. The fourth-order valence-electron chi connectivity index (χ4n) is 3.61. The van der Waals surface area contributed by atoms with E-state index >= 15 is 0 Å². The van der Waals surface area contributed by atoms with Crippen molar-refractivity contribution < 1.29 is 9.13 Å². The third kappa shape index (κ3) is 3.03. The molecule has 0 spiro atoms. The van der Waals surface area contributed by atoms with E-state index in [-0.39, 0.29) is 17.0 Å². The van der Waals surface area contributed by atoms with E-state index in [0.717, 1.165) is 27.4 Å². The molecular weight excluding hydrogens is 381 g/mol. The monoisotopic (exact) mass is 395 g/mol. The fourth-order valence-corrected chi connectivity index (χ4v) is 5.07. The number of benzene rings is 3. The predicted molar refractivity (Wildman–Crippen MR) is 108 cm³/mol. The molecule has 0 amide bonds. The van der Waals surface area contributed by atoms with Gasteiger partial charge < -0.3 is 4.74 Å². The average Bonchev–Trinajstić information content (AvgIpc) is 2.85. The summed E-state index contributed by atoms with van der Waals surface area (Å²) < 4.78 is 20.0. The lowest BCUT2D eigenvalue weighted by Crippen LogP contribution is -2.32. The minimum Gasteiger partial charge on any atom is -0.492 e. The Balaban J connectivity index is 1.71. The largest absolute Gasteiger partial charge is 0.492 e. The summed E-state index contributed by atoms with van der Waals surface area (Å²) in [5, 5.41) is 0.806. The quantitative estimate of drug-likeness (QED) is 0.471. The van der Waals surface area contributed by atoms with Crippen molar-refractivity contribution in [2.24, 2.45) is 10.9 Å². The van der Waals surface area contributed by atoms with Crippen LogP contribution in [0.25, 0.3) is 0 Å². The van der Waals surface area contributed by atoms with Crippen LogP contribution in [0, 0.1) is 11.7 Å². The molecule has 2 aliphatic rings. The smallest absolute Gasteiger partial charge is 0.128 e. The third-order valence-corrected chi connectivity index (χ3v) is 6.62. The van der Waals surface area contributed by atoms with E-state index in [1.165, 1.54) is 12.1 Å². The van der Waals surface area contributed by atoms with E-state index in [4.69, 9.17) is 21.3 Å². The highest BCUT2D eigenvalue weighted by atomic mass is 35.5. The Kier molecular flexibility index (Phi) is 4.18. The van der Waals surface area contributed by atoms with E-state index in [0.29, 0.717) is 17.4 Å². The minimum atomic E-state index is -0.283.